The minimum atomic E-state index is -0.00523. The maximum Gasteiger partial charge on any atom is 0.184 e. The van der Waals surface area contributed by atoms with E-state index in [4.69, 9.17) is 10.5 Å². The van der Waals surface area contributed by atoms with Gasteiger partial charge < -0.3 is 20.9 Å². The molecule has 0 saturated carbocycles. The summed E-state index contributed by atoms with van der Waals surface area (Å²) >= 11 is 1.55. The molecule has 3 aromatic heterocycles. The number of aromatic nitrogens is 3. The van der Waals surface area contributed by atoms with Gasteiger partial charge in [-0.1, -0.05) is 32.6 Å². The molecule has 0 unspecified atom stereocenters. The molecule has 4 N–H and O–H groups in total. The summed E-state index contributed by atoms with van der Waals surface area (Å²) in [6.07, 6.45) is 4.28. The summed E-state index contributed by atoms with van der Waals surface area (Å²) in [7, 11) is 0. The van der Waals surface area contributed by atoms with E-state index in [1.165, 1.54) is 0 Å². The summed E-state index contributed by atoms with van der Waals surface area (Å²) in [4.78, 5) is 13.1. The van der Waals surface area contributed by atoms with Gasteiger partial charge in [0.05, 0.1) is 28.6 Å². The van der Waals surface area contributed by atoms with Gasteiger partial charge in [0.1, 0.15) is 17.3 Å². The monoisotopic (exact) mass is 451 g/mol. The number of nitrogens with zero attached hydrogens (tertiary/aromatic N) is 3. The number of fused-ring (bicyclic) bond motifs is 1. The summed E-state index contributed by atoms with van der Waals surface area (Å²) in [5, 5.41) is 13.8. The van der Waals surface area contributed by atoms with Crippen LogP contribution < -0.4 is 15.8 Å². The number of hydrogen-bond acceptors (Lipinski definition) is 8. The van der Waals surface area contributed by atoms with E-state index in [1.54, 1.807) is 29.8 Å². The molecule has 0 fully saturated rings. The van der Waals surface area contributed by atoms with Gasteiger partial charge in [0.25, 0.3) is 0 Å². The second-order valence-electron chi connectivity index (χ2n) is 7.75. The van der Waals surface area contributed by atoms with E-state index in [1.807, 2.05) is 36.4 Å². The molecule has 0 saturated heterocycles. The molecule has 1 aromatic carbocycles. The van der Waals surface area contributed by atoms with Crippen molar-refractivity contribution in [3.8, 4) is 22.8 Å². The highest BCUT2D eigenvalue weighted by Gasteiger charge is 2.13. The van der Waals surface area contributed by atoms with Crippen molar-refractivity contribution in [2.75, 3.05) is 17.7 Å². The molecule has 0 spiro atoms. The summed E-state index contributed by atoms with van der Waals surface area (Å²) in [6.45, 7) is 4.36. The number of benzene rings is 1. The van der Waals surface area contributed by atoms with Crippen molar-refractivity contribution in [1.29, 1.82) is 0 Å². The number of nitrogens with two attached hydrogens (primary N) is 1. The largest absolute Gasteiger partial charge is 0.457 e. The Hall–Kier alpha value is -3.23. The molecule has 4 aromatic rings. The number of aliphatic hydroxyl groups excluding tert-OH is 1. The van der Waals surface area contributed by atoms with Crippen LogP contribution in [-0.2, 0) is 0 Å². The number of nitrogen functional groups attached to an aromatic ring is 1. The first-order valence-corrected chi connectivity index (χ1v) is 11.0. The molecule has 0 bridgehead atoms. The fourth-order valence-corrected chi connectivity index (χ4v) is 4.25. The highest BCUT2D eigenvalue weighted by atomic mass is 32.1. The number of hydrogen-bond donors (Lipinski definition) is 3. The first-order valence-electron chi connectivity index (χ1n) is 10.1. The predicted molar refractivity (Wildman–Crippen MR) is 132 cm³/mol. The lowest BCUT2D eigenvalue weighted by molar-refractivity contribution is 0.259. The Bertz CT molecular complexity index is 1160. The number of thiazole rings is 1. The second kappa shape index (κ2) is 10.4. The number of pyridine rings is 2. The predicted octanol–water partition coefficient (Wildman–Crippen LogP) is 5.58. The third-order valence-corrected chi connectivity index (χ3v) is 5.66. The first kappa shape index (κ1) is 23.4. The third kappa shape index (κ3) is 5.72. The lowest BCUT2D eigenvalue weighted by Crippen LogP contribution is -2.25. The molecule has 4 rings (SSSR count). The number of ether oxygens (including phenoxy) is 1. The number of anilines is 2. The third-order valence-electron chi connectivity index (χ3n) is 4.71. The van der Waals surface area contributed by atoms with E-state index in [-0.39, 0.29) is 20.1 Å². The van der Waals surface area contributed by atoms with Crippen LogP contribution in [-0.4, -0.2) is 32.7 Å². The normalized spacial score (nSPS) is 11.9. The summed E-state index contributed by atoms with van der Waals surface area (Å²) in [5.74, 6) is 2.36. The Balaban J connectivity index is 0.00000289. The summed E-state index contributed by atoms with van der Waals surface area (Å²) < 4.78 is 7.08. The minimum Gasteiger partial charge on any atom is -0.457 e. The van der Waals surface area contributed by atoms with Crippen LogP contribution in [0, 0.1) is 5.92 Å². The van der Waals surface area contributed by atoms with E-state index in [0.29, 0.717) is 17.5 Å². The Morgan fingerprint density at radius 3 is 2.62 bits per heavy atom. The smallest absolute Gasteiger partial charge is 0.184 e. The van der Waals surface area contributed by atoms with Gasteiger partial charge in [-0.05, 0) is 42.7 Å². The van der Waals surface area contributed by atoms with Crippen molar-refractivity contribution in [2.45, 2.75) is 33.7 Å². The van der Waals surface area contributed by atoms with Crippen LogP contribution in [0.5, 0.6) is 11.5 Å². The second-order valence-corrected chi connectivity index (χ2v) is 8.78. The van der Waals surface area contributed by atoms with Crippen LogP contribution in [0.4, 0.5) is 10.9 Å². The molecule has 32 heavy (non-hydrogen) atoms. The lowest BCUT2D eigenvalue weighted by Gasteiger charge is -2.17. The van der Waals surface area contributed by atoms with Crippen molar-refractivity contribution < 1.29 is 9.84 Å². The molecule has 0 aliphatic carbocycles. The first-order chi connectivity index (χ1) is 15.0. The average molecular weight is 452 g/mol. The Kier molecular flexibility index (Phi) is 7.61. The average Bonchev–Trinajstić information content (AvgIpc) is 3.15. The highest BCUT2D eigenvalue weighted by Crippen LogP contribution is 2.32. The zero-order valence-electron chi connectivity index (χ0n) is 17.4. The number of nitrogens with one attached hydrogen (secondary N) is 1. The molecular weight excluding hydrogens is 422 g/mol. The Morgan fingerprint density at radius 2 is 1.91 bits per heavy atom. The van der Waals surface area contributed by atoms with Gasteiger partial charge in [-0.3, -0.25) is 4.98 Å². The van der Waals surface area contributed by atoms with E-state index in [2.05, 4.69) is 34.1 Å². The van der Waals surface area contributed by atoms with E-state index < -0.39 is 0 Å². The van der Waals surface area contributed by atoms with Crippen LogP contribution in [0.2, 0.25) is 0 Å². The molecule has 0 aliphatic rings. The van der Waals surface area contributed by atoms with Gasteiger partial charge in [-0.25, -0.2) is 9.97 Å². The number of rotatable bonds is 8. The summed E-state index contributed by atoms with van der Waals surface area (Å²) in [5.41, 5.74) is 8.18. The molecule has 7 nitrogen and oxygen atoms in total. The molecule has 168 valence electrons. The van der Waals surface area contributed by atoms with Crippen LogP contribution in [0.25, 0.3) is 21.5 Å². The van der Waals surface area contributed by atoms with Crippen molar-refractivity contribution in [3.63, 3.8) is 0 Å². The van der Waals surface area contributed by atoms with Crippen molar-refractivity contribution in [3.05, 3.63) is 54.9 Å². The zero-order chi connectivity index (χ0) is 21.8. The van der Waals surface area contributed by atoms with Crippen LogP contribution in [0.15, 0.2) is 54.9 Å². The maximum absolute atomic E-state index is 9.62. The Morgan fingerprint density at radius 1 is 1.09 bits per heavy atom. The van der Waals surface area contributed by atoms with Crippen molar-refractivity contribution >= 4 is 32.5 Å². The minimum absolute atomic E-state index is 0. The standard InChI is InChI=1S/C23H25N5O2S.CH4/c1-14(2)9-16(13-29)27-23-28-19-5-4-17(11-21(19)31-23)30-18-7-8-25-20(10-18)15-3-6-22(24)26-12-15;/h3-8,10-12,14,16,29H,9,13H2,1-2H3,(H2,24,26)(H,27,28);1H4/t16-;/m1./s1. The molecule has 0 aliphatic heterocycles. The maximum atomic E-state index is 9.62. The fourth-order valence-electron chi connectivity index (χ4n) is 3.28. The van der Waals surface area contributed by atoms with Gasteiger partial charge in [0.2, 0.25) is 0 Å². The molecule has 0 radical (unpaired) electrons. The van der Waals surface area contributed by atoms with Crippen LogP contribution >= 0.6 is 11.3 Å². The molecule has 3 heterocycles. The van der Waals surface area contributed by atoms with Gasteiger partial charge in [0.15, 0.2) is 5.13 Å². The van der Waals surface area contributed by atoms with Gasteiger partial charge in [0, 0.05) is 30.1 Å². The fraction of sp³-hybridized carbons (Fsp3) is 0.292. The summed E-state index contributed by atoms with van der Waals surface area (Å²) in [6, 6.07) is 13.1. The van der Waals surface area contributed by atoms with Gasteiger partial charge >= 0.3 is 0 Å². The van der Waals surface area contributed by atoms with E-state index >= 15 is 0 Å². The van der Waals surface area contributed by atoms with E-state index in [0.717, 1.165) is 38.8 Å². The molecule has 0 amide bonds. The molecular formula is C24H29N5O2S. The Labute approximate surface area is 192 Å². The quantitative estimate of drug-likeness (QED) is 0.321. The zero-order valence-corrected chi connectivity index (χ0v) is 18.3. The van der Waals surface area contributed by atoms with Gasteiger partial charge in [-0.15, -0.1) is 0 Å². The van der Waals surface area contributed by atoms with Crippen molar-refractivity contribution in [1.82, 2.24) is 15.0 Å². The van der Waals surface area contributed by atoms with E-state index in [9.17, 15) is 5.11 Å². The molecule has 8 heteroatoms. The van der Waals surface area contributed by atoms with Gasteiger partial charge in [-0.2, -0.15) is 0 Å². The topological polar surface area (TPSA) is 106 Å². The van der Waals surface area contributed by atoms with Crippen LogP contribution in [0.3, 0.4) is 0 Å². The SMILES string of the molecule is C.CC(C)C[C@H](CO)Nc1nc2ccc(Oc3ccnc(-c4ccc(N)nc4)c3)cc2s1. The lowest BCUT2D eigenvalue weighted by atomic mass is 10.0. The van der Waals surface area contributed by atoms with Crippen molar-refractivity contribution in [2.24, 2.45) is 5.92 Å². The van der Waals surface area contributed by atoms with Crippen LogP contribution in [0.1, 0.15) is 27.7 Å². The highest BCUT2D eigenvalue weighted by molar-refractivity contribution is 7.22. The molecule has 1 atom stereocenters. The number of aliphatic hydroxyl groups is 1.